The van der Waals surface area contributed by atoms with E-state index in [1.165, 1.54) is 0 Å². The van der Waals surface area contributed by atoms with Gasteiger partial charge in [-0.1, -0.05) is 30.4 Å². The van der Waals surface area contributed by atoms with Gasteiger partial charge in [0.1, 0.15) is 5.82 Å². The summed E-state index contributed by atoms with van der Waals surface area (Å²) >= 11 is 0. The largest absolute Gasteiger partial charge is 0.338 e. The van der Waals surface area contributed by atoms with Crippen LogP contribution < -0.4 is 10.6 Å². The number of carbonyl (C=O) groups excluding carboxylic acids is 2. The van der Waals surface area contributed by atoms with Gasteiger partial charge in [0.05, 0.1) is 11.0 Å². The van der Waals surface area contributed by atoms with Crippen LogP contribution >= 0.6 is 0 Å². The molecule has 0 saturated carbocycles. The molecule has 1 aliphatic carbocycles. The minimum Gasteiger partial charge on any atom is -0.338 e. The molecule has 1 aliphatic rings. The first-order chi connectivity index (χ1) is 13.7. The molecule has 138 valence electrons. The van der Waals surface area contributed by atoms with Crippen molar-refractivity contribution in [2.24, 2.45) is 0 Å². The number of amides is 2. The number of hydrogen-bond acceptors (Lipinski definition) is 3. The average molecular weight is 370 g/mol. The molecular formula is C22H18N4O2. The van der Waals surface area contributed by atoms with Gasteiger partial charge in [0, 0.05) is 22.5 Å². The highest BCUT2D eigenvalue weighted by molar-refractivity contribution is 6.04. The van der Waals surface area contributed by atoms with Crippen molar-refractivity contribution < 1.29 is 9.59 Å². The molecule has 4 rings (SSSR count). The average Bonchev–Trinajstić information content (AvgIpc) is 2.93. The molecule has 0 fully saturated rings. The highest BCUT2D eigenvalue weighted by atomic mass is 16.1. The van der Waals surface area contributed by atoms with Crippen LogP contribution in [0.1, 0.15) is 6.42 Å². The van der Waals surface area contributed by atoms with Crippen LogP contribution in [0.5, 0.6) is 0 Å². The van der Waals surface area contributed by atoms with Crippen LogP contribution in [0.2, 0.25) is 0 Å². The van der Waals surface area contributed by atoms with Crippen molar-refractivity contribution >= 4 is 34.7 Å². The summed E-state index contributed by atoms with van der Waals surface area (Å²) in [6.07, 6.45) is 10.7. The maximum Gasteiger partial charge on any atom is 0.251 e. The zero-order chi connectivity index (χ0) is 19.3. The summed E-state index contributed by atoms with van der Waals surface area (Å²) in [5, 5.41) is 5.54. The topological polar surface area (TPSA) is 86.9 Å². The molecule has 28 heavy (non-hydrogen) atoms. The van der Waals surface area contributed by atoms with E-state index < -0.39 is 0 Å². The highest BCUT2D eigenvalue weighted by Crippen LogP contribution is 2.24. The number of H-pyrrole nitrogens is 1. The van der Waals surface area contributed by atoms with Gasteiger partial charge in [0.25, 0.3) is 5.91 Å². The first-order valence-electron chi connectivity index (χ1n) is 8.87. The lowest BCUT2D eigenvalue weighted by molar-refractivity contribution is -0.113. The highest BCUT2D eigenvalue weighted by Gasteiger charge is 2.10. The predicted octanol–water partition coefficient (Wildman–Crippen LogP) is 4.18. The third-order valence-corrected chi connectivity index (χ3v) is 4.41. The van der Waals surface area contributed by atoms with Gasteiger partial charge in [-0.15, -0.1) is 0 Å². The summed E-state index contributed by atoms with van der Waals surface area (Å²) in [6.45, 7) is 0. The molecule has 0 atom stereocenters. The lowest BCUT2D eigenvalue weighted by atomic mass is 10.1. The Hall–Kier alpha value is -3.93. The number of aromatic amines is 1. The normalized spacial score (nSPS) is 13.1. The van der Waals surface area contributed by atoms with Crippen molar-refractivity contribution in [3.63, 3.8) is 0 Å². The van der Waals surface area contributed by atoms with Gasteiger partial charge in [0.15, 0.2) is 0 Å². The van der Waals surface area contributed by atoms with Crippen LogP contribution in [-0.2, 0) is 9.59 Å². The molecule has 6 heteroatoms. The van der Waals surface area contributed by atoms with E-state index in [2.05, 4.69) is 20.6 Å². The van der Waals surface area contributed by atoms with Crippen LogP contribution in [0, 0.1) is 0 Å². The summed E-state index contributed by atoms with van der Waals surface area (Å²) in [6, 6.07) is 13.0. The fourth-order valence-corrected chi connectivity index (χ4v) is 2.97. The van der Waals surface area contributed by atoms with Gasteiger partial charge in [0.2, 0.25) is 6.41 Å². The molecule has 0 saturated heterocycles. The Morgan fingerprint density at radius 3 is 2.68 bits per heavy atom. The van der Waals surface area contributed by atoms with E-state index >= 15 is 0 Å². The Bertz CT molecular complexity index is 1120. The molecule has 1 heterocycles. The van der Waals surface area contributed by atoms with E-state index in [0.29, 0.717) is 24.1 Å². The number of rotatable bonds is 5. The van der Waals surface area contributed by atoms with Gasteiger partial charge in [-0.3, -0.25) is 9.59 Å². The number of hydrogen-bond donors (Lipinski definition) is 3. The van der Waals surface area contributed by atoms with Crippen LogP contribution in [-0.4, -0.2) is 22.3 Å². The third kappa shape index (κ3) is 3.76. The molecule has 1 aromatic heterocycles. The van der Waals surface area contributed by atoms with E-state index in [4.69, 9.17) is 0 Å². The number of nitrogens with zero attached hydrogens (tertiary/aromatic N) is 1. The van der Waals surface area contributed by atoms with Gasteiger partial charge < -0.3 is 15.6 Å². The molecule has 0 bridgehead atoms. The number of nitrogens with one attached hydrogen (secondary N) is 3. The van der Waals surface area contributed by atoms with E-state index in [1.54, 1.807) is 6.07 Å². The van der Waals surface area contributed by atoms with Crippen molar-refractivity contribution in [2.45, 2.75) is 6.42 Å². The van der Waals surface area contributed by atoms with Crippen molar-refractivity contribution in [1.82, 2.24) is 9.97 Å². The van der Waals surface area contributed by atoms with Crippen LogP contribution in [0.3, 0.4) is 0 Å². The van der Waals surface area contributed by atoms with Crippen molar-refractivity contribution in [3.8, 4) is 11.4 Å². The number of imidazole rings is 1. The zero-order valence-corrected chi connectivity index (χ0v) is 15.0. The van der Waals surface area contributed by atoms with E-state index in [-0.39, 0.29) is 5.91 Å². The van der Waals surface area contributed by atoms with Crippen LogP contribution in [0.15, 0.2) is 78.4 Å². The third-order valence-electron chi connectivity index (χ3n) is 4.41. The maximum atomic E-state index is 12.4. The summed E-state index contributed by atoms with van der Waals surface area (Å²) in [5.41, 5.74) is 4.68. The Labute approximate surface area is 161 Å². The van der Waals surface area contributed by atoms with Crippen LogP contribution in [0.4, 0.5) is 11.4 Å². The van der Waals surface area contributed by atoms with Gasteiger partial charge >= 0.3 is 0 Å². The van der Waals surface area contributed by atoms with Crippen molar-refractivity contribution in [3.05, 3.63) is 78.4 Å². The summed E-state index contributed by atoms with van der Waals surface area (Å²) in [7, 11) is 0. The second kappa shape index (κ2) is 7.75. The number of benzene rings is 2. The first-order valence-corrected chi connectivity index (χ1v) is 8.87. The van der Waals surface area contributed by atoms with Gasteiger partial charge in [-0.2, -0.15) is 0 Å². The number of allylic oxidation sites excluding steroid dienone is 5. The Morgan fingerprint density at radius 1 is 1.04 bits per heavy atom. The summed E-state index contributed by atoms with van der Waals surface area (Å²) in [5.74, 6) is 0.612. The number of aromatic nitrogens is 2. The standard InChI is InChI=1S/C22H18N4O2/c27-14-23-18-11-12-19-20(13-18)26-21(25-19)15-7-9-17(10-8-15)24-22(28)16-5-3-1-2-4-6-16/h1-5,7-14H,6H2,(H,23,27)(H,24,28)(H,25,26). The maximum absolute atomic E-state index is 12.4. The summed E-state index contributed by atoms with van der Waals surface area (Å²) in [4.78, 5) is 30.8. The first kappa shape index (κ1) is 17.5. The molecule has 2 aromatic carbocycles. The zero-order valence-electron chi connectivity index (χ0n) is 15.0. The summed E-state index contributed by atoms with van der Waals surface area (Å²) < 4.78 is 0. The lowest BCUT2D eigenvalue weighted by Gasteiger charge is -2.07. The quantitative estimate of drug-likeness (QED) is 0.589. The molecule has 6 nitrogen and oxygen atoms in total. The second-order valence-electron chi connectivity index (χ2n) is 6.32. The predicted molar refractivity (Wildman–Crippen MR) is 111 cm³/mol. The molecular weight excluding hydrogens is 352 g/mol. The number of fused-ring (bicyclic) bond motifs is 1. The van der Waals surface area contributed by atoms with Gasteiger partial charge in [-0.25, -0.2) is 4.98 Å². The van der Waals surface area contributed by atoms with E-state index in [0.717, 1.165) is 28.1 Å². The monoisotopic (exact) mass is 370 g/mol. The number of anilines is 2. The Kier molecular flexibility index (Phi) is 4.84. The van der Waals surface area contributed by atoms with Crippen LogP contribution in [0.25, 0.3) is 22.4 Å². The molecule has 3 N–H and O–H groups in total. The number of carbonyl (C=O) groups is 2. The Morgan fingerprint density at radius 2 is 1.86 bits per heavy atom. The minimum atomic E-state index is -0.108. The molecule has 2 amide bonds. The molecule has 0 unspecified atom stereocenters. The fraction of sp³-hybridized carbons (Fsp3) is 0.0455. The lowest BCUT2D eigenvalue weighted by Crippen LogP contribution is -2.13. The van der Waals surface area contributed by atoms with Gasteiger partial charge in [-0.05, 0) is 48.9 Å². The molecule has 0 spiro atoms. The van der Waals surface area contributed by atoms with Crippen molar-refractivity contribution in [2.75, 3.05) is 10.6 Å². The second-order valence-corrected chi connectivity index (χ2v) is 6.32. The SMILES string of the molecule is O=CNc1ccc2nc(-c3ccc(NC(=O)C4=CC=CC=CC4)cc3)[nH]c2c1. The molecule has 0 aliphatic heterocycles. The minimum absolute atomic E-state index is 0.108. The van der Waals surface area contributed by atoms with E-state index in [9.17, 15) is 9.59 Å². The van der Waals surface area contributed by atoms with E-state index in [1.807, 2.05) is 66.8 Å². The molecule has 0 radical (unpaired) electrons. The Balaban J connectivity index is 1.51. The van der Waals surface area contributed by atoms with Crippen molar-refractivity contribution in [1.29, 1.82) is 0 Å². The smallest absolute Gasteiger partial charge is 0.251 e. The molecule has 3 aromatic rings. The fourth-order valence-electron chi connectivity index (χ4n) is 2.97.